The lowest BCUT2D eigenvalue weighted by molar-refractivity contribution is 0.0559. The van der Waals surface area contributed by atoms with Gasteiger partial charge in [-0.25, -0.2) is 14.0 Å². The van der Waals surface area contributed by atoms with Crippen molar-refractivity contribution in [3.63, 3.8) is 0 Å². The largest absolute Gasteiger partial charge is 0.436 e. The average molecular weight is 279 g/mol. The molecular formula is C13H14FN3O3. The maximum Gasteiger partial charge on any atom is 0.408 e. The van der Waals surface area contributed by atoms with Crippen LogP contribution in [-0.4, -0.2) is 25.7 Å². The maximum atomic E-state index is 14.1. The minimum absolute atomic E-state index is 0.123. The molecule has 6 nitrogen and oxygen atoms in total. The molecule has 1 fully saturated rings. The Morgan fingerprint density at radius 1 is 1.50 bits per heavy atom. The van der Waals surface area contributed by atoms with E-state index in [1.54, 1.807) is 6.07 Å². The lowest BCUT2D eigenvalue weighted by Crippen LogP contribution is -2.28. The number of aryl methyl sites for hydroxylation is 1. The number of rotatable bonds is 1. The second-order valence-corrected chi connectivity index (χ2v) is 4.93. The van der Waals surface area contributed by atoms with E-state index in [1.165, 1.54) is 13.1 Å². The van der Waals surface area contributed by atoms with Crippen LogP contribution in [0.3, 0.4) is 0 Å². The van der Waals surface area contributed by atoms with Crippen molar-refractivity contribution in [1.82, 2.24) is 10.6 Å². The van der Waals surface area contributed by atoms with E-state index in [1.807, 2.05) is 0 Å². The molecule has 3 N–H and O–H groups in total. The number of amides is 3. The van der Waals surface area contributed by atoms with Crippen LogP contribution in [0.5, 0.6) is 0 Å². The minimum Gasteiger partial charge on any atom is -0.436 e. The highest BCUT2D eigenvalue weighted by Gasteiger charge is 2.47. The summed E-state index contributed by atoms with van der Waals surface area (Å²) in [6, 6.07) is 2.46. The fourth-order valence-electron chi connectivity index (χ4n) is 2.76. The van der Waals surface area contributed by atoms with E-state index in [4.69, 9.17) is 4.74 Å². The summed E-state index contributed by atoms with van der Waals surface area (Å²) < 4.78 is 19.4. The van der Waals surface area contributed by atoms with Gasteiger partial charge in [-0.3, -0.25) is 0 Å². The zero-order chi connectivity index (χ0) is 14.3. The monoisotopic (exact) mass is 279 g/mol. The molecule has 1 saturated heterocycles. The predicted molar refractivity (Wildman–Crippen MR) is 69.0 cm³/mol. The number of hydrogen-bond donors (Lipinski definition) is 3. The van der Waals surface area contributed by atoms with Gasteiger partial charge in [0.1, 0.15) is 5.82 Å². The summed E-state index contributed by atoms with van der Waals surface area (Å²) in [5, 5.41) is 7.40. The van der Waals surface area contributed by atoms with Crippen LogP contribution in [0.1, 0.15) is 17.5 Å². The zero-order valence-corrected chi connectivity index (χ0v) is 10.9. The zero-order valence-electron chi connectivity index (χ0n) is 10.9. The molecule has 3 amide bonds. The van der Waals surface area contributed by atoms with Gasteiger partial charge in [-0.15, -0.1) is 0 Å². The van der Waals surface area contributed by atoms with Crippen LogP contribution in [0.25, 0.3) is 0 Å². The normalized spacial score (nSPS) is 23.2. The molecule has 1 aromatic rings. The first-order chi connectivity index (χ1) is 9.54. The number of halogens is 1. The van der Waals surface area contributed by atoms with Crippen molar-refractivity contribution < 1.29 is 18.7 Å². The fourth-order valence-corrected chi connectivity index (χ4v) is 2.76. The van der Waals surface area contributed by atoms with E-state index in [-0.39, 0.29) is 5.69 Å². The molecule has 1 unspecified atom stereocenters. The van der Waals surface area contributed by atoms with Crippen LogP contribution >= 0.6 is 0 Å². The topological polar surface area (TPSA) is 79.5 Å². The van der Waals surface area contributed by atoms with Gasteiger partial charge in [0, 0.05) is 12.6 Å². The average Bonchev–Trinajstić information content (AvgIpc) is 2.96. The highest BCUT2D eigenvalue weighted by molar-refractivity contribution is 5.89. The second-order valence-electron chi connectivity index (χ2n) is 4.93. The Hall–Kier alpha value is -2.31. The number of ether oxygens (including phenoxy) is 1. The van der Waals surface area contributed by atoms with E-state index in [0.717, 1.165) is 5.56 Å². The van der Waals surface area contributed by atoms with Gasteiger partial charge in [-0.2, -0.15) is 0 Å². The SMILES string of the molecule is CNC(=O)Nc1cc2c(cc1F)C1(CC2)CNC(=O)O1. The lowest BCUT2D eigenvalue weighted by Gasteiger charge is -2.22. The van der Waals surface area contributed by atoms with E-state index >= 15 is 0 Å². The number of hydrogen-bond acceptors (Lipinski definition) is 3. The molecule has 0 bridgehead atoms. The highest BCUT2D eigenvalue weighted by Crippen LogP contribution is 2.43. The van der Waals surface area contributed by atoms with Gasteiger partial charge in [0.2, 0.25) is 0 Å². The Bertz CT molecular complexity index is 605. The molecule has 0 aromatic heterocycles. The number of fused-ring (bicyclic) bond motifs is 2. The van der Waals surface area contributed by atoms with Crippen molar-refractivity contribution in [1.29, 1.82) is 0 Å². The molecule has 0 saturated carbocycles. The molecular weight excluding hydrogens is 265 g/mol. The summed E-state index contributed by atoms with van der Waals surface area (Å²) in [5.41, 5.74) is 0.918. The number of benzene rings is 1. The molecule has 1 aromatic carbocycles. The first-order valence-electron chi connectivity index (χ1n) is 6.32. The smallest absolute Gasteiger partial charge is 0.408 e. The number of anilines is 1. The standard InChI is InChI=1S/C13H14FN3O3/c1-15-11(18)17-10-4-7-2-3-13(6-16-12(19)20-13)8(7)5-9(10)14/h4-5H,2-3,6H2,1H3,(H,16,19)(H2,15,17,18). The van der Waals surface area contributed by atoms with Gasteiger partial charge in [0.05, 0.1) is 12.2 Å². The predicted octanol–water partition coefficient (Wildman–Crippen LogP) is 1.46. The molecule has 106 valence electrons. The number of urea groups is 1. The molecule has 1 aliphatic heterocycles. The molecule has 1 spiro atoms. The highest BCUT2D eigenvalue weighted by atomic mass is 19.1. The summed E-state index contributed by atoms with van der Waals surface area (Å²) in [6.45, 7) is 0.348. The van der Waals surface area contributed by atoms with Crippen molar-refractivity contribution in [2.24, 2.45) is 0 Å². The Morgan fingerprint density at radius 3 is 2.95 bits per heavy atom. The number of carbonyl (C=O) groups excluding carboxylic acids is 2. The fraction of sp³-hybridized carbons (Fsp3) is 0.385. The maximum absolute atomic E-state index is 14.1. The van der Waals surface area contributed by atoms with Gasteiger partial charge in [0.25, 0.3) is 0 Å². The van der Waals surface area contributed by atoms with E-state index in [9.17, 15) is 14.0 Å². The van der Waals surface area contributed by atoms with Gasteiger partial charge in [0.15, 0.2) is 5.60 Å². The molecule has 7 heteroatoms. The van der Waals surface area contributed by atoms with E-state index in [2.05, 4.69) is 16.0 Å². The van der Waals surface area contributed by atoms with Gasteiger partial charge < -0.3 is 20.7 Å². The van der Waals surface area contributed by atoms with Crippen LogP contribution in [0, 0.1) is 5.82 Å². The minimum atomic E-state index is -0.765. The summed E-state index contributed by atoms with van der Waals surface area (Å²) in [5.74, 6) is -0.545. The molecule has 3 rings (SSSR count). The number of alkyl carbamates (subject to hydrolysis) is 1. The number of nitrogens with one attached hydrogen (secondary N) is 3. The van der Waals surface area contributed by atoms with E-state index in [0.29, 0.717) is 24.9 Å². The Balaban J connectivity index is 1.96. The Labute approximate surface area is 114 Å². The molecule has 1 atom stereocenters. The second kappa shape index (κ2) is 4.36. The molecule has 1 heterocycles. The van der Waals surface area contributed by atoms with Crippen molar-refractivity contribution in [2.75, 3.05) is 18.9 Å². The number of carbonyl (C=O) groups is 2. The molecule has 20 heavy (non-hydrogen) atoms. The van der Waals surface area contributed by atoms with Gasteiger partial charge >= 0.3 is 12.1 Å². The summed E-state index contributed by atoms with van der Waals surface area (Å²) >= 11 is 0. The van der Waals surface area contributed by atoms with Crippen molar-refractivity contribution in [3.05, 3.63) is 29.1 Å². The van der Waals surface area contributed by atoms with Crippen molar-refractivity contribution in [2.45, 2.75) is 18.4 Å². The quantitative estimate of drug-likeness (QED) is 0.728. The van der Waals surface area contributed by atoms with Crippen LogP contribution in [0.15, 0.2) is 12.1 Å². The third-order valence-corrected chi connectivity index (χ3v) is 3.76. The van der Waals surface area contributed by atoms with Gasteiger partial charge in [-0.1, -0.05) is 0 Å². The molecule has 1 aliphatic carbocycles. The first-order valence-corrected chi connectivity index (χ1v) is 6.32. The Kier molecular flexibility index (Phi) is 2.77. The van der Waals surface area contributed by atoms with Crippen molar-refractivity contribution in [3.8, 4) is 0 Å². The summed E-state index contributed by atoms with van der Waals surface area (Å²) in [4.78, 5) is 22.5. The third-order valence-electron chi connectivity index (χ3n) is 3.76. The summed E-state index contributed by atoms with van der Waals surface area (Å²) in [7, 11) is 1.46. The Morgan fingerprint density at radius 2 is 2.30 bits per heavy atom. The van der Waals surface area contributed by atoms with E-state index < -0.39 is 23.5 Å². The first kappa shape index (κ1) is 12.7. The lowest BCUT2D eigenvalue weighted by atomic mass is 9.96. The van der Waals surface area contributed by atoms with Crippen LogP contribution in [0.4, 0.5) is 19.7 Å². The third kappa shape index (κ3) is 1.86. The summed E-state index contributed by atoms with van der Waals surface area (Å²) in [6.07, 6.45) is 0.808. The molecule has 2 aliphatic rings. The van der Waals surface area contributed by atoms with Crippen LogP contribution < -0.4 is 16.0 Å². The van der Waals surface area contributed by atoms with Crippen LogP contribution in [0.2, 0.25) is 0 Å². The van der Waals surface area contributed by atoms with Gasteiger partial charge in [-0.05, 0) is 30.5 Å². The molecule has 0 radical (unpaired) electrons. The van der Waals surface area contributed by atoms with Crippen molar-refractivity contribution >= 4 is 17.8 Å². The van der Waals surface area contributed by atoms with Crippen LogP contribution in [-0.2, 0) is 16.8 Å².